The van der Waals surface area contributed by atoms with Crippen LogP contribution in [0.4, 0.5) is 0 Å². The predicted octanol–water partition coefficient (Wildman–Crippen LogP) is 1.68. The zero-order valence-electron chi connectivity index (χ0n) is 11.9. The van der Waals surface area contributed by atoms with Gasteiger partial charge in [0, 0.05) is 19.0 Å². The molecule has 1 heterocycles. The number of hydrogen-bond acceptors (Lipinski definition) is 3. The molecular weight excluding hydrogens is 230 g/mol. The van der Waals surface area contributed by atoms with Gasteiger partial charge in [-0.2, -0.15) is 0 Å². The molecular formula is C13H23N3O2. The Bertz CT molecular complexity index is 399. The van der Waals surface area contributed by atoms with Crippen molar-refractivity contribution in [3.05, 3.63) is 18.2 Å². The molecule has 0 fully saturated rings. The van der Waals surface area contributed by atoms with Crippen LogP contribution in [0.25, 0.3) is 0 Å². The van der Waals surface area contributed by atoms with E-state index in [4.69, 9.17) is 4.74 Å². The molecule has 1 aromatic rings. The monoisotopic (exact) mass is 253 g/mol. The molecule has 1 aromatic heterocycles. The van der Waals surface area contributed by atoms with Crippen molar-refractivity contribution in [2.24, 2.45) is 0 Å². The molecule has 0 aliphatic carbocycles. The maximum absolute atomic E-state index is 12.2. The number of carbonyl (C=O) groups excluding carboxylic acids is 1. The van der Waals surface area contributed by atoms with Gasteiger partial charge in [-0.3, -0.25) is 4.79 Å². The van der Waals surface area contributed by atoms with Crippen molar-refractivity contribution in [2.45, 2.75) is 46.2 Å². The van der Waals surface area contributed by atoms with E-state index in [1.165, 1.54) is 0 Å². The molecule has 102 valence electrons. The van der Waals surface area contributed by atoms with Crippen LogP contribution in [0.2, 0.25) is 0 Å². The van der Waals surface area contributed by atoms with E-state index in [2.05, 4.69) is 10.3 Å². The molecule has 0 aliphatic rings. The van der Waals surface area contributed by atoms with Crippen molar-refractivity contribution < 1.29 is 9.53 Å². The van der Waals surface area contributed by atoms with Gasteiger partial charge in [-0.25, -0.2) is 4.98 Å². The van der Waals surface area contributed by atoms with Crippen molar-refractivity contribution >= 4 is 5.91 Å². The van der Waals surface area contributed by atoms with E-state index in [1.54, 1.807) is 6.20 Å². The Labute approximate surface area is 109 Å². The van der Waals surface area contributed by atoms with Crippen LogP contribution >= 0.6 is 0 Å². The molecule has 0 spiro atoms. The second-order valence-electron chi connectivity index (χ2n) is 5.07. The van der Waals surface area contributed by atoms with Crippen LogP contribution in [0.1, 0.15) is 39.6 Å². The molecule has 0 saturated carbocycles. The number of nitrogens with zero attached hydrogens (tertiary/aromatic N) is 2. The van der Waals surface area contributed by atoms with Crippen LogP contribution in [0, 0.1) is 6.92 Å². The van der Waals surface area contributed by atoms with Crippen LogP contribution in [-0.4, -0.2) is 34.2 Å². The van der Waals surface area contributed by atoms with Crippen LogP contribution in [0.15, 0.2) is 12.4 Å². The highest BCUT2D eigenvalue weighted by Crippen LogP contribution is 2.11. The van der Waals surface area contributed by atoms with Crippen molar-refractivity contribution in [1.82, 2.24) is 14.9 Å². The lowest BCUT2D eigenvalue weighted by molar-refractivity contribution is -0.126. The molecule has 1 unspecified atom stereocenters. The molecule has 5 heteroatoms. The summed E-state index contributed by atoms with van der Waals surface area (Å²) in [7, 11) is 0. The van der Waals surface area contributed by atoms with Crippen molar-refractivity contribution in [3.8, 4) is 0 Å². The van der Waals surface area contributed by atoms with E-state index in [1.807, 2.05) is 45.4 Å². The molecule has 1 amide bonds. The largest absolute Gasteiger partial charge is 0.379 e. The number of amides is 1. The number of hydrogen-bond donors (Lipinski definition) is 1. The van der Waals surface area contributed by atoms with Gasteiger partial charge in [0.1, 0.15) is 11.9 Å². The second-order valence-corrected chi connectivity index (χ2v) is 5.07. The lowest BCUT2D eigenvalue weighted by atomic mass is 10.1. The Balaban J connectivity index is 2.63. The third-order valence-electron chi connectivity index (χ3n) is 2.79. The highest BCUT2D eigenvalue weighted by Gasteiger charge is 2.24. The summed E-state index contributed by atoms with van der Waals surface area (Å²) in [4.78, 5) is 16.3. The third kappa shape index (κ3) is 3.84. The van der Waals surface area contributed by atoms with Gasteiger partial charge in [-0.15, -0.1) is 0 Å². The first kappa shape index (κ1) is 14.7. The number of nitrogens with one attached hydrogen (secondary N) is 1. The second kappa shape index (κ2) is 6.00. The fourth-order valence-electron chi connectivity index (χ4n) is 1.75. The average molecular weight is 253 g/mol. The molecule has 0 aromatic carbocycles. The highest BCUT2D eigenvalue weighted by atomic mass is 16.5. The van der Waals surface area contributed by atoms with Gasteiger partial charge < -0.3 is 14.6 Å². The predicted molar refractivity (Wildman–Crippen MR) is 70.4 cm³/mol. The van der Waals surface area contributed by atoms with Crippen molar-refractivity contribution in [1.29, 1.82) is 0 Å². The van der Waals surface area contributed by atoms with E-state index in [0.717, 1.165) is 5.82 Å². The van der Waals surface area contributed by atoms with Crippen LogP contribution in [0.3, 0.4) is 0 Å². The summed E-state index contributed by atoms with van der Waals surface area (Å²) in [5, 5.41) is 2.99. The van der Waals surface area contributed by atoms with Crippen molar-refractivity contribution in [3.63, 3.8) is 0 Å². The van der Waals surface area contributed by atoms with Crippen LogP contribution in [0.5, 0.6) is 0 Å². The van der Waals surface area contributed by atoms with E-state index in [0.29, 0.717) is 13.2 Å². The van der Waals surface area contributed by atoms with Gasteiger partial charge >= 0.3 is 0 Å². The van der Waals surface area contributed by atoms with E-state index >= 15 is 0 Å². The molecule has 18 heavy (non-hydrogen) atoms. The van der Waals surface area contributed by atoms with Gasteiger partial charge in [0.05, 0.1) is 12.1 Å². The summed E-state index contributed by atoms with van der Waals surface area (Å²) < 4.78 is 7.21. The summed E-state index contributed by atoms with van der Waals surface area (Å²) in [6.07, 6.45) is 3.51. The van der Waals surface area contributed by atoms with Crippen LogP contribution < -0.4 is 5.32 Å². The average Bonchev–Trinajstić information content (AvgIpc) is 2.71. The number of imidazole rings is 1. The van der Waals surface area contributed by atoms with Gasteiger partial charge in [-0.1, -0.05) is 0 Å². The summed E-state index contributed by atoms with van der Waals surface area (Å²) in [5.74, 6) is 0.807. The standard InChI is InChI=1S/C13H23N3O2/c1-6-18-9-13(4,5)15-12(17)10(2)16-8-7-14-11(16)3/h7-8,10H,6,9H2,1-5H3,(H,15,17). The zero-order valence-corrected chi connectivity index (χ0v) is 11.9. The Kier molecular flexibility index (Phi) is 4.90. The van der Waals surface area contributed by atoms with Crippen LogP contribution in [-0.2, 0) is 9.53 Å². The quantitative estimate of drug-likeness (QED) is 0.839. The molecule has 1 atom stereocenters. The minimum absolute atomic E-state index is 0.0270. The Morgan fingerprint density at radius 1 is 1.61 bits per heavy atom. The molecule has 5 nitrogen and oxygen atoms in total. The van der Waals surface area contributed by atoms with Gasteiger partial charge in [0.15, 0.2) is 0 Å². The Morgan fingerprint density at radius 3 is 2.78 bits per heavy atom. The molecule has 0 radical (unpaired) electrons. The minimum Gasteiger partial charge on any atom is -0.379 e. The summed E-state index contributed by atoms with van der Waals surface area (Å²) in [6, 6.07) is -0.270. The van der Waals surface area contributed by atoms with Crippen molar-refractivity contribution in [2.75, 3.05) is 13.2 Å². The number of aromatic nitrogens is 2. The molecule has 0 saturated heterocycles. The molecule has 1 N–H and O–H groups in total. The van der Waals surface area contributed by atoms with Gasteiger partial charge in [-0.05, 0) is 34.6 Å². The smallest absolute Gasteiger partial charge is 0.243 e. The first-order chi connectivity index (χ1) is 8.37. The minimum atomic E-state index is -0.365. The molecule has 0 aliphatic heterocycles. The normalized spacial score (nSPS) is 13.4. The van der Waals surface area contributed by atoms with E-state index in [9.17, 15) is 4.79 Å². The molecule has 0 bridgehead atoms. The summed E-state index contributed by atoms with van der Waals surface area (Å²) in [6.45, 7) is 10.7. The summed E-state index contributed by atoms with van der Waals surface area (Å²) >= 11 is 0. The lowest BCUT2D eigenvalue weighted by Gasteiger charge is -2.28. The SMILES string of the molecule is CCOCC(C)(C)NC(=O)C(C)n1ccnc1C. The zero-order chi connectivity index (χ0) is 13.8. The van der Waals surface area contributed by atoms with E-state index in [-0.39, 0.29) is 17.5 Å². The summed E-state index contributed by atoms with van der Waals surface area (Å²) in [5.41, 5.74) is -0.365. The first-order valence-electron chi connectivity index (χ1n) is 6.26. The van der Waals surface area contributed by atoms with Gasteiger partial charge in [0.25, 0.3) is 0 Å². The topological polar surface area (TPSA) is 56.1 Å². The molecule has 1 rings (SSSR count). The first-order valence-corrected chi connectivity index (χ1v) is 6.26. The number of carbonyl (C=O) groups is 1. The Morgan fingerprint density at radius 2 is 2.28 bits per heavy atom. The highest BCUT2D eigenvalue weighted by molar-refractivity contribution is 5.80. The maximum atomic E-state index is 12.2. The maximum Gasteiger partial charge on any atom is 0.243 e. The number of aryl methyl sites for hydroxylation is 1. The Hall–Kier alpha value is -1.36. The lowest BCUT2D eigenvalue weighted by Crippen LogP contribution is -2.49. The fourth-order valence-corrected chi connectivity index (χ4v) is 1.75. The fraction of sp³-hybridized carbons (Fsp3) is 0.692. The number of ether oxygens (including phenoxy) is 1. The third-order valence-corrected chi connectivity index (χ3v) is 2.79. The van der Waals surface area contributed by atoms with Gasteiger partial charge in [0.2, 0.25) is 5.91 Å². The van der Waals surface area contributed by atoms with E-state index < -0.39 is 0 Å². The number of rotatable bonds is 6.